The molecule has 0 spiro atoms. The zero-order valence-corrected chi connectivity index (χ0v) is 13.7. The largest absolute Gasteiger partial charge is 0.378 e. The summed E-state index contributed by atoms with van der Waals surface area (Å²) in [6.45, 7) is 3.50. The summed E-state index contributed by atoms with van der Waals surface area (Å²) in [4.78, 5) is 17.5. The van der Waals surface area contributed by atoms with Crippen LogP contribution >= 0.6 is 0 Å². The van der Waals surface area contributed by atoms with Crippen LogP contribution in [0.4, 0.5) is 5.69 Å². The summed E-state index contributed by atoms with van der Waals surface area (Å²) in [6, 6.07) is 18.3. The average molecular weight is 322 g/mol. The van der Waals surface area contributed by atoms with Gasteiger partial charge in [0, 0.05) is 25.3 Å². The number of nitrogens with zero attached hydrogens (tertiary/aromatic N) is 2. The quantitative estimate of drug-likeness (QED) is 0.871. The van der Waals surface area contributed by atoms with Crippen LogP contribution in [-0.2, 0) is 16.0 Å². The van der Waals surface area contributed by atoms with Crippen LogP contribution in [0.15, 0.2) is 54.6 Å². The molecular formula is C20H22N2O2. The molecule has 2 aromatic rings. The molecule has 4 rings (SSSR count). The highest BCUT2D eigenvalue weighted by Gasteiger charge is 2.35. The van der Waals surface area contributed by atoms with E-state index >= 15 is 0 Å². The predicted octanol–water partition coefficient (Wildman–Crippen LogP) is 2.65. The predicted molar refractivity (Wildman–Crippen MR) is 94.1 cm³/mol. The first-order chi connectivity index (χ1) is 11.8. The number of morpholine rings is 1. The standard InChI is InChI=1S/C20H22N2O2/c23-20(21-12-14-24-15-13-21)19(17-7-2-1-3-8-17)22-11-10-16-6-4-5-9-18(16)22/h1-9,19H,10-15H2/t19-/m0/s1. The molecular weight excluding hydrogens is 300 g/mol. The number of rotatable bonds is 3. The summed E-state index contributed by atoms with van der Waals surface area (Å²) in [6.07, 6.45) is 0.996. The zero-order chi connectivity index (χ0) is 16.4. The Labute approximate surface area is 142 Å². The van der Waals surface area contributed by atoms with Crippen LogP contribution in [0.2, 0.25) is 0 Å². The smallest absolute Gasteiger partial charge is 0.250 e. The van der Waals surface area contributed by atoms with Crippen LogP contribution in [0.5, 0.6) is 0 Å². The first-order valence-electron chi connectivity index (χ1n) is 8.60. The fourth-order valence-electron chi connectivity index (χ4n) is 3.68. The lowest BCUT2D eigenvalue weighted by Gasteiger charge is -2.35. The first kappa shape index (κ1) is 15.2. The van der Waals surface area contributed by atoms with Crippen molar-refractivity contribution in [3.05, 3.63) is 65.7 Å². The molecule has 2 aliphatic heterocycles. The van der Waals surface area contributed by atoms with Crippen LogP contribution in [0.25, 0.3) is 0 Å². The molecule has 2 aromatic carbocycles. The fraction of sp³-hybridized carbons (Fsp3) is 0.350. The maximum atomic E-state index is 13.3. The molecule has 2 heterocycles. The van der Waals surface area contributed by atoms with E-state index in [9.17, 15) is 4.79 Å². The Balaban J connectivity index is 1.70. The van der Waals surface area contributed by atoms with E-state index < -0.39 is 0 Å². The van der Waals surface area contributed by atoms with Crippen molar-refractivity contribution in [2.75, 3.05) is 37.7 Å². The fourth-order valence-corrected chi connectivity index (χ4v) is 3.68. The number of anilines is 1. The van der Waals surface area contributed by atoms with E-state index in [1.807, 2.05) is 23.1 Å². The van der Waals surface area contributed by atoms with Gasteiger partial charge in [0.25, 0.3) is 0 Å². The normalized spacial score (nSPS) is 18.3. The number of hydrogen-bond donors (Lipinski definition) is 0. The lowest BCUT2D eigenvalue weighted by molar-refractivity contribution is -0.136. The number of benzene rings is 2. The second-order valence-corrected chi connectivity index (χ2v) is 6.32. The second-order valence-electron chi connectivity index (χ2n) is 6.32. The summed E-state index contributed by atoms with van der Waals surface area (Å²) >= 11 is 0. The summed E-state index contributed by atoms with van der Waals surface area (Å²) in [5.74, 6) is 0.182. The van der Waals surface area contributed by atoms with Gasteiger partial charge in [-0.25, -0.2) is 0 Å². The van der Waals surface area contributed by atoms with Crippen LogP contribution in [0.1, 0.15) is 17.2 Å². The second kappa shape index (κ2) is 6.65. The lowest BCUT2D eigenvalue weighted by Crippen LogP contribution is -2.47. The third-order valence-corrected chi connectivity index (χ3v) is 4.91. The third kappa shape index (κ3) is 2.78. The summed E-state index contributed by atoms with van der Waals surface area (Å²) in [5, 5.41) is 0. The molecule has 2 aliphatic rings. The minimum absolute atomic E-state index is 0.182. The van der Waals surface area contributed by atoms with Gasteiger partial charge in [0.1, 0.15) is 6.04 Å². The molecule has 124 valence electrons. The monoisotopic (exact) mass is 322 g/mol. The van der Waals surface area contributed by atoms with Gasteiger partial charge in [-0.3, -0.25) is 4.79 Å². The van der Waals surface area contributed by atoms with Gasteiger partial charge in [-0.05, 0) is 23.6 Å². The molecule has 1 fully saturated rings. The first-order valence-corrected chi connectivity index (χ1v) is 8.60. The van der Waals surface area contributed by atoms with Crippen molar-refractivity contribution >= 4 is 11.6 Å². The third-order valence-electron chi connectivity index (χ3n) is 4.91. The maximum Gasteiger partial charge on any atom is 0.250 e. The van der Waals surface area contributed by atoms with Crippen molar-refractivity contribution in [2.45, 2.75) is 12.5 Å². The van der Waals surface area contributed by atoms with Crippen molar-refractivity contribution in [1.29, 1.82) is 0 Å². The highest BCUT2D eigenvalue weighted by molar-refractivity contribution is 5.87. The van der Waals surface area contributed by atoms with Gasteiger partial charge in [-0.1, -0.05) is 48.5 Å². The molecule has 4 heteroatoms. The molecule has 0 aromatic heterocycles. The van der Waals surface area contributed by atoms with Crippen molar-refractivity contribution in [3.8, 4) is 0 Å². The van der Waals surface area contributed by atoms with Gasteiger partial charge >= 0.3 is 0 Å². The van der Waals surface area contributed by atoms with Gasteiger partial charge in [-0.2, -0.15) is 0 Å². The van der Waals surface area contributed by atoms with E-state index in [0.29, 0.717) is 26.3 Å². The Morgan fingerprint density at radius 1 is 0.917 bits per heavy atom. The van der Waals surface area contributed by atoms with Gasteiger partial charge in [0.2, 0.25) is 5.91 Å². The highest BCUT2D eigenvalue weighted by atomic mass is 16.5. The lowest BCUT2D eigenvalue weighted by atomic mass is 10.0. The van der Waals surface area contributed by atoms with E-state index in [1.54, 1.807) is 0 Å². The Morgan fingerprint density at radius 2 is 1.62 bits per heavy atom. The Bertz CT molecular complexity index is 711. The van der Waals surface area contributed by atoms with Gasteiger partial charge < -0.3 is 14.5 Å². The number of para-hydroxylation sites is 1. The molecule has 0 bridgehead atoms. The molecule has 1 atom stereocenters. The summed E-state index contributed by atoms with van der Waals surface area (Å²) < 4.78 is 5.41. The van der Waals surface area contributed by atoms with Crippen molar-refractivity contribution < 1.29 is 9.53 Å². The topological polar surface area (TPSA) is 32.8 Å². The maximum absolute atomic E-state index is 13.3. The van der Waals surface area contributed by atoms with Crippen molar-refractivity contribution in [1.82, 2.24) is 4.90 Å². The van der Waals surface area contributed by atoms with E-state index in [0.717, 1.165) is 18.5 Å². The number of carbonyl (C=O) groups is 1. The van der Waals surface area contributed by atoms with Crippen LogP contribution in [-0.4, -0.2) is 43.7 Å². The Kier molecular flexibility index (Phi) is 4.22. The number of fused-ring (bicyclic) bond motifs is 1. The van der Waals surface area contributed by atoms with Crippen molar-refractivity contribution in [3.63, 3.8) is 0 Å². The van der Waals surface area contributed by atoms with E-state index in [2.05, 4.69) is 41.3 Å². The van der Waals surface area contributed by atoms with Gasteiger partial charge in [0.15, 0.2) is 0 Å². The molecule has 24 heavy (non-hydrogen) atoms. The van der Waals surface area contributed by atoms with Crippen LogP contribution in [0, 0.1) is 0 Å². The summed E-state index contributed by atoms with van der Waals surface area (Å²) in [5.41, 5.74) is 3.58. The molecule has 1 saturated heterocycles. The van der Waals surface area contributed by atoms with E-state index in [4.69, 9.17) is 4.74 Å². The minimum atomic E-state index is -0.257. The number of ether oxygens (including phenoxy) is 1. The van der Waals surface area contributed by atoms with Gasteiger partial charge in [0.05, 0.1) is 13.2 Å². The average Bonchev–Trinajstić information content (AvgIpc) is 3.07. The molecule has 1 amide bonds. The number of carbonyl (C=O) groups excluding carboxylic acids is 1. The number of amides is 1. The highest BCUT2D eigenvalue weighted by Crippen LogP contribution is 2.36. The zero-order valence-electron chi connectivity index (χ0n) is 13.7. The minimum Gasteiger partial charge on any atom is -0.378 e. The molecule has 0 N–H and O–H groups in total. The number of hydrogen-bond acceptors (Lipinski definition) is 3. The van der Waals surface area contributed by atoms with Crippen LogP contribution in [0.3, 0.4) is 0 Å². The SMILES string of the molecule is O=C([C@H](c1ccccc1)N1CCc2ccccc21)N1CCOCC1. The molecule has 0 saturated carbocycles. The molecule has 0 radical (unpaired) electrons. The van der Waals surface area contributed by atoms with E-state index in [-0.39, 0.29) is 11.9 Å². The molecule has 0 aliphatic carbocycles. The Morgan fingerprint density at radius 3 is 2.42 bits per heavy atom. The van der Waals surface area contributed by atoms with Crippen molar-refractivity contribution in [2.24, 2.45) is 0 Å². The van der Waals surface area contributed by atoms with Gasteiger partial charge in [-0.15, -0.1) is 0 Å². The van der Waals surface area contributed by atoms with Crippen LogP contribution < -0.4 is 4.90 Å². The molecule has 0 unspecified atom stereocenters. The Hall–Kier alpha value is -2.33. The summed E-state index contributed by atoms with van der Waals surface area (Å²) in [7, 11) is 0. The molecule has 4 nitrogen and oxygen atoms in total. The van der Waals surface area contributed by atoms with E-state index in [1.165, 1.54) is 11.3 Å².